The van der Waals surface area contributed by atoms with E-state index in [9.17, 15) is 17.6 Å². The summed E-state index contributed by atoms with van der Waals surface area (Å²) in [5, 5.41) is 2.58. The van der Waals surface area contributed by atoms with Crippen LogP contribution in [-0.4, -0.2) is 16.1 Å². The maximum Gasteiger partial charge on any atom is 0.423 e. The average molecular weight is 355 g/mol. The maximum atomic E-state index is 13.7. The molecule has 1 aromatic heterocycles. The number of para-hydroxylation sites is 1. The van der Waals surface area contributed by atoms with Crippen LogP contribution in [0.4, 0.5) is 29.2 Å². The fourth-order valence-corrected chi connectivity index (χ4v) is 2.73. The van der Waals surface area contributed by atoms with Crippen molar-refractivity contribution in [3.63, 3.8) is 0 Å². The fourth-order valence-electron chi connectivity index (χ4n) is 2.73. The molecule has 25 heavy (non-hydrogen) atoms. The third-order valence-electron chi connectivity index (χ3n) is 4.01. The van der Waals surface area contributed by atoms with Gasteiger partial charge >= 0.3 is 6.18 Å². The number of benzene rings is 1. The molecule has 4 nitrogen and oxygen atoms in total. The van der Waals surface area contributed by atoms with Gasteiger partial charge in [0.1, 0.15) is 17.5 Å². The summed E-state index contributed by atoms with van der Waals surface area (Å²) in [6, 6.07) is 5.77. The van der Waals surface area contributed by atoms with Crippen LogP contribution < -0.4 is 10.1 Å². The van der Waals surface area contributed by atoms with Crippen LogP contribution >= 0.6 is 0 Å². The Morgan fingerprint density at radius 3 is 2.48 bits per heavy atom. The van der Waals surface area contributed by atoms with Crippen LogP contribution in [0.2, 0.25) is 0 Å². The minimum atomic E-state index is -4.62. The standard InChI is InChI=1S/C17H17F4N3O/c18-13-8-4-5-9-14(13)23-16-22-10-12(17(19,20)21)15(24-16)25-11-6-2-1-3-7-11/h4-5,8-11H,1-3,6-7H2,(H,22,23,24). The zero-order valence-corrected chi connectivity index (χ0v) is 13.3. The van der Waals surface area contributed by atoms with E-state index < -0.39 is 23.4 Å². The molecule has 1 saturated carbocycles. The highest BCUT2D eigenvalue weighted by Crippen LogP contribution is 2.36. The lowest BCUT2D eigenvalue weighted by molar-refractivity contribution is -0.140. The van der Waals surface area contributed by atoms with Gasteiger partial charge in [0.2, 0.25) is 11.8 Å². The van der Waals surface area contributed by atoms with Crippen LogP contribution in [0.1, 0.15) is 37.7 Å². The molecule has 8 heteroatoms. The number of anilines is 2. The Bertz CT molecular complexity index is 730. The fraction of sp³-hybridized carbons (Fsp3) is 0.412. The molecule has 0 unspecified atom stereocenters. The molecule has 1 aromatic carbocycles. The summed E-state index contributed by atoms with van der Waals surface area (Å²) >= 11 is 0. The average Bonchev–Trinajstić information content (AvgIpc) is 2.57. The Labute approximate surface area is 142 Å². The SMILES string of the molecule is Fc1ccccc1Nc1ncc(C(F)(F)F)c(OC2CCCCC2)n1. The zero-order valence-electron chi connectivity index (χ0n) is 13.3. The molecule has 0 atom stereocenters. The van der Waals surface area contributed by atoms with E-state index in [1.54, 1.807) is 6.07 Å². The van der Waals surface area contributed by atoms with Crippen molar-refractivity contribution in [2.75, 3.05) is 5.32 Å². The number of aromatic nitrogens is 2. The van der Waals surface area contributed by atoms with E-state index in [4.69, 9.17) is 4.74 Å². The highest BCUT2D eigenvalue weighted by Gasteiger charge is 2.37. The molecule has 0 aliphatic heterocycles. The number of nitrogens with zero attached hydrogens (tertiary/aromatic N) is 2. The molecule has 134 valence electrons. The van der Waals surface area contributed by atoms with Crippen molar-refractivity contribution < 1.29 is 22.3 Å². The van der Waals surface area contributed by atoms with E-state index >= 15 is 0 Å². The number of ether oxygens (including phenoxy) is 1. The van der Waals surface area contributed by atoms with Gasteiger partial charge in [-0.1, -0.05) is 18.6 Å². The minimum Gasteiger partial charge on any atom is -0.474 e. The summed E-state index contributed by atoms with van der Waals surface area (Å²) < 4.78 is 58.8. The van der Waals surface area contributed by atoms with E-state index in [2.05, 4.69) is 15.3 Å². The van der Waals surface area contributed by atoms with Crippen molar-refractivity contribution in [1.29, 1.82) is 0 Å². The Morgan fingerprint density at radius 2 is 1.80 bits per heavy atom. The van der Waals surface area contributed by atoms with Gasteiger partial charge in [0.15, 0.2) is 0 Å². The van der Waals surface area contributed by atoms with Crippen LogP contribution in [0.5, 0.6) is 5.88 Å². The van der Waals surface area contributed by atoms with Gasteiger partial charge in [-0.25, -0.2) is 9.37 Å². The summed E-state index contributed by atoms with van der Waals surface area (Å²) in [6.07, 6.45) is -0.00000544. The lowest BCUT2D eigenvalue weighted by atomic mass is 9.98. The quantitative estimate of drug-likeness (QED) is 0.776. The molecule has 0 spiro atoms. The lowest BCUT2D eigenvalue weighted by Crippen LogP contribution is -2.22. The molecule has 2 aromatic rings. The third-order valence-corrected chi connectivity index (χ3v) is 4.01. The Balaban J connectivity index is 1.88. The molecule has 1 fully saturated rings. The molecule has 1 heterocycles. The number of hydrogen-bond donors (Lipinski definition) is 1. The lowest BCUT2D eigenvalue weighted by Gasteiger charge is -2.24. The number of halogens is 4. The van der Waals surface area contributed by atoms with E-state index in [0.29, 0.717) is 19.0 Å². The molecule has 1 aliphatic rings. The first-order chi connectivity index (χ1) is 11.9. The first-order valence-corrected chi connectivity index (χ1v) is 8.06. The van der Waals surface area contributed by atoms with Gasteiger partial charge in [-0.2, -0.15) is 18.2 Å². The third kappa shape index (κ3) is 4.37. The van der Waals surface area contributed by atoms with Gasteiger partial charge in [0.05, 0.1) is 5.69 Å². The van der Waals surface area contributed by atoms with Crippen molar-refractivity contribution in [2.24, 2.45) is 0 Å². The first kappa shape index (κ1) is 17.4. The zero-order chi connectivity index (χ0) is 17.9. The van der Waals surface area contributed by atoms with Gasteiger partial charge in [-0.3, -0.25) is 0 Å². The van der Waals surface area contributed by atoms with E-state index in [-0.39, 0.29) is 17.7 Å². The maximum absolute atomic E-state index is 13.7. The summed E-state index contributed by atoms with van der Waals surface area (Å²) in [5.41, 5.74) is -0.956. The topological polar surface area (TPSA) is 47.0 Å². The number of alkyl halides is 3. The minimum absolute atomic E-state index is 0.0749. The molecular weight excluding hydrogens is 338 g/mol. The summed E-state index contributed by atoms with van der Waals surface area (Å²) in [7, 11) is 0. The first-order valence-electron chi connectivity index (χ1n) is 8.06. The predicted molar refractivity (Wildman–Crippen MR) is 84.2 cm³/mol. The Hall–Kier alpha value is -2.38. The van der Waals surface area contributed by atoms with Crippen molar-refractivity contribution in [3.8, 4) is 5.88 Å². The van der Waals surface area contributed by atoms with Crippen LogP contribution in [-0.2, 0) is 6.18 Å². The molecule has 0 saturated heterocycles. The largest absolute Gasteiger partial charge is 0.474 e. The van der Waals surface area contributed by atoms with Crippen molar-refractivity contribution in [2.45, 2.75) is 44.4 Å². The second-order valence-corrected chi connectivity index (χ2v) is 5.89. The molecule has 0 bridgehead atoms. The molecule has 0 amide bonds. The second-order valence-electron chi connectivity index (χ2n) is 5.89. The van der Waals surface area contributed by atoms with E-state index in [1.807, 2.05) is 0 Å². The van der Waals surface area contributed by atoms with E-state index in [0.717, 1.165) is 19.3 Å². The normalized spacial score (nSPS) is 15.8. The summed E-state index contributed by atoms with van der Waals surface area (Å²) in [4.78, 5) is 7.48. The molecular formula is C17H17F4N3O. The van der Waals surface area contributed by atoms with Crippen molar-refractivity contribution in [1.82, 2.24) is 9.97 Å². The predicted octanol–water partition coefficient (Wildman–Crippen LogP) is 5.09. The molecule has 1 aliphatic carbocycles. The van der Waals surface area contributed by atoms with Crippen LogP contribution in [0.15, 0.2) is 30.5 Å². The van der Waals surface area contributed by atoms with E-state index in [1.165, 1.54) is 18.2 Å². The van der Waals surface area contributed by atoms with Gasteiger partial charge < -0.3 is 10.1 Å². The molecule has 0 radical (unpaired) electrons. The van der Waals surface area contributed by atoms with Crippen LogP contribution in [0, 0.1) is 5.82 Å². The smallest absolute Gasteiger partial charge is 0.423 e. The van der Waals surface area contributed by atoms with Crippen molar-refractivity contribution in [3.05, 3.63) is 41.8 Å². The Morgan fingerprint density at radius 1 is 1.08 bits per heavy atom. The van der Waals surface area contributed by atoms with Crippen LogP contribution in [0.3, 0.4) is 0 Å². The Kier molecular flexibility index (Phi) is 5.06. The molecule has 3 rings (SSSR count). The van der Waals surface area contributed by atoms with Crippen molar-refractivity contribution >= 4 is 11.6 Å². The highest BCUT2D eigenvalue weighted by molar-refractivity contribution is 5.54. The highest BCUT2D eigenvalue weighted by atomic mass is 19.4. The second kappa shape index (κ2) is 7.25. The van der Waals surface area contributed by atoms with Gasteiger partial charge in [0, 0.05) is 6.20 Å². The van der Waals surface area contributed by atoms with Gasteiger partial charge in [-0.05, 0) is 37.8 Å². The monoisotopic (exact) mass is 355 g/mol. The summed E-state index contributed by atoms with van der Waals surface area (Å²) in [5.74, 6) is -1.22. The van der Waals surface area contributed by atoms with Crippen LogP contribution in [0.25, 0.3) is 0 Å². The summed E-state index contributed by atoms with van der Waals surface area (Å²) in [6.45, 7) is 0. The van der Waals surface area contributed by atoms with Gasteiger partial charge in [-0.15, -0.1) is 0 Å². The molecule has 1 N–H and O–H groups in total. The van der Waals surface area contributed by atoms with Gasteiger partial charge in [0.25, 0.3) is 0 Å². The number of nitrogens with one attached hydrogen (secondary N) is 1. The number of hydrogen-bond acceptors (Lipinski definition) is 4. The number of rotatable bonds is 4.